The van der Waals surface area contributed by atoms with Crippen molar-refractivity contribution >= 4 is 5.91 Å². The lowest BCUT2D eigenvalue weighted by Crippen LogP contribution is -2.48. The van der Waals surface area contributed by atoms with E-state index in [0.717, 1.165) is 13.0 Å². The summed E-state index contributed by atoms with van der Waals surface area (Å²) in [7, 11) is 0. The molecule has 0 spiro atoms. The third-order valence-electron chi connectivity index (χ3n) is 1.55. The molecule has 1 unspecified atom stereocenters. The van der Waals surface area contributed by atoms with Crippen LogP contribution >= 0.6 is 0 Å². The van der Waals surface area contributed by atoms with Gasteiger partial charge in [0.25, 0.3) is 0 Å². The van der Waals surface area contributed by atoms with Crippen LogP contribution in [0.5, 0.6) is 0 Å². The zero-order valence-corrected chi connectivity index (χ0v) is 5.05. The topological polar surface area (TPSA) is 20.3 Å². The van der Waals surface area contributed by atoms with Gasteiger partial charge in [0.15, 0.2) is 0 Å². The van der Waals surface area contributed by atoms with Crippen LogP contribution in [0.4, 0.5) is 0 Å². The lowest BCUT2D eigenvalue weighted by molar-refractivity contribution is -0.134. The molecule has 1 aliphatic heterocycles. The SMILES string of the molecule is [CH2]C1CCN1C(C)=O. The highest BCUT2D eigenvalue weighted by Crippen LogP contribution is 2.14. The molecule has 1 aliphatic rings. The average molecular weight is 112 g/mol. The Labute approximate surface area is 49.5 Å². The average Bonchev–Trinajstić information content (AvgIpc) is 1.61. The van der Waals surface area contributed by atoms with E-state index in [-0.39, 0.29) is 11.9 Å². The van der Waals surface area contributed by atoms with Crippen LogP contribution < -0.4 is 0 Å². The Bertz CT molecular complexity index is 111. The molecule has 1 radical (unpaired) electrons. The summed E-state index contributed by atoms with van der Waals surface area (Å²) in [5.74, 6) is 0.149. The summed E-state index contributed by atoms with van der Waals surface area (Å²) in [6.07, 6.45) is 1.07. The summed E-state index contributed by atoms with van der Waals surface area (Å²) in [4.78, 5) is 12.3. The van der Waals surface area contributed by atoms with Gasteiger partial charge in [0, 0.05) is 19.5 Å². The standard InChI is InChI=1S/C6H10NO/c1-5-3-4-7(5)6(2)8/h5H,1,3-4H2,2H3. The Morgan fingerprint density at radius 2 is 2.50 bits per heavy atom. The number of likely N-dealkylation sites (tertiary alicyclic amines) is 1. The Morgan fingerprint density at radius 1 is 1.88 bits per heavy atom. The van der Waals surface area contributed by atoms with Crippen LogP contribution in [-0.2, 0) is 4.79 Å². The first kappa shape index (κ1) is 5.60. The van der Waals surface area contributed by atoms with E-state index in [0.29, 0.717) is 0 Å². The van der Waals surface area contributed by atoms with Crippen LogP contribution in [0.15, 0.2) is 0 Å². The molecule has 0 aliphatic carbocycles. The third-order valence-corrected chi connectivity index (χ3v) is 1.55. The van der Waals surface area contributed by atoms with Crippen molar-refractivity contribution in [1.29, 1.82) is 0 Å². The molecule has 1 fully saturated rings. The number of carbonyl (C=O) groups is 1. The summed E-state index contributed by atoms with van der Waals surface area (Å²) in [5.41, 5.74) is 0. The second-order valence-electron chi connectivity index (χ2n) is 2.15. The molecule has 0 N–H and O–H groups in total. The molecule has 0 aromatic rings. The van der Waals surface area contributed by atoms with Crippen molar-refractivity contribution in [2.75, 3.05) is 6.54 Å². The highest BCUT2D eigenvalue weighted by atomic mass is 16.2. The number of amides is 1. The van der Waals surface area contributed by atoms with Crippen LogP contribution in [0.25, 0.3) is 0 Å². The molecule has 1 amide bonds. The van der Waals surface area contributed by atoms with E-state index in [1.807, 2.05) is 0 Å². The van der Waals surface area contributed by atoms with Gasteiger partial charge in [-0.25, -0.2) is 0 Å². The Hall–Kier alpha value is -0.530. The van der Waals surface area contributed by atoms with Crippen molar-refractivity contribution in [3.8, 4) is 0 Å². The van der Waals surface area contributed by atoms with E-state index < -0.39 is 0 Å². The summed E-state index contributed by atoms with van der Waals surface area (Å²) < 4.78 is 0. The van der Waals surface area contributed by atoms with Gasteiger partial charge in [-0.15, -0.1) is 0 Å². The van der Waals surface area contributed by atoms with E-state index in [9.17, 15) is 4.79 Å². The smallest absolute Gasteiger partial charge is 0.219 e. The molecule has 1 saturated heterocycles. The predicted octanol–water partition coefficient (Wildman–Crippen LogP) is 0.441. The van der Waals surface area contributed by atoms with Crippen molar-refractivity contribution in [1.82, 2.24) is 4.90 Å². The molecule has 2 nitrogen and oxygen atoms in total. The van der Waals surface area contributed by atoms with Crippen molar-refractivity contribution < 1.29 is 4.79 Å². The highest BCUT2D eigenvalue weighted by Gasteiger charge is 2.24. The molecule has 1 heterocycles. The van der Waals surface area contributed by atoms with Gasteiger partial charge in [0.1, 0.15) is 0 Å². The zero-order chi connectivity index (χ0) is 6.15. The lowest BCUT2D eigenvalue weighted by atomic mass is 10.1. The summed E-state index contributed by atoms with van der Waals surface area (Å²) in [6.45, 7) is 6.24. The first-order chi connectivity index (χ1) is 3.72. The third kappa shape index (κ3) is 0.703. The molecule has 0 aromatic carbocycles. The first-order valence-electron chi connectivity index (χ1n) is 2.82. The van der Waals surface area contributed by atoms with Gasteiger partial charge in [-0.2, -0.15) is 0 Å². The monoisotopic (exact) mass is 112 g/mol. The molecule has 0 aromatic heterocycles. The molecular weight excluding hydrogens is 102 g/mol. The van der Waals surface area contributed by atoms with E-state index in [2.05, 4.69) is 6.92 Å². The van der Waals surface area contributed by atoms with Gasteiger partial charge in [-0.1, -0.05) is 0 Å². The summed E-state index contributed by atoms with van der Waals surface area (Å²) >= 11 is 0. The number of hydrogen-bond donors (Lipinski definition) is 0. The molecule has 1 rings (SSSR count). The van der Waals surface area contributed by atoms with Gasteiger partial charge in [0.2, 0.25) is 5.91 Å². The second-order valence-corrected chi connectivity index (χ2v) is 2.15. The molecule has 45 valence electrons. The van der Waals surface area contributed by atoms with Crippen LogP contribution in [-0.4, -0.2) is 23.4 Å². The lowest BCUT2D eigenvalue weighted by Gasteiger charge is -2.37. The van der Waals surface area contributed by atoms with Gasteiger partial charge < -0.3 is 4.90 Å². The van der Waals surface area contributed by atoms with Gasteiger partial charge in [0.05, 0.1) is 0 Å². The van der Waals surface area contributed by atoms with E-state index >= 15 is 0 Å². The molecule has 0 saturated carbocycles. The Balaban J connectivity index is 2.37. The minimum atomic E-state index is 0.149. The Kier molecular flexibility index (Phi) is 1.24. The summed E-state index contributed by atoms with van der Waals surface area (Å²) in [5, 5.41) is 0. The number of nitrogens with zero attached hydrogens (tertiary/aromatic N) is 1. The van der Waals surface area contributed by atoms with Crippen LogP contribution in [0.2, 0.25) is 0 Å². The van der Waals surface area contributed by atoms with Crippen LogP contribution in [0.3, 0.4) is 0 Å². The van der Waals surface area contributed by atoms with Crippen LogP contribution in [0, 0.1) is 6.92 Å². The fourth-order valence-corrected chi connectivity index (χ4v) is 0.855. The van der Waals surface area contributed by atoms with Gasteiger partial charge in [-0.3, -0.25) is 4.79 Å². The maximum absolute atomic E-state index is 10.5. The first-order valence-corrected chi connectivity index (χ1v) is 2.82. The quantitative estimate of drug-likeness (QED) is 0.445. The van der Waals surface area contributed by atoms with Gasteiger partial charge in [-0.05, 0) is 13.3 Å². The van der Waals surface area contributed by atoms with Crippen molar-refractivity contribution in [2.45, 2.75) is 19.4 Å². The van der Waals surface area contributed by atoms with E-state index in [1.54, 1.807) is 11.8 Å². The van der Waals surface area contributed by atoms with Gasteiger partial charge >= 0.3 is 0 Å². The number of carbonyl (C=O) groups excluding carboxylic acids is 1. The van der Waals surface area contributed by atoms with E-state index in [4.69, 9.17) is 0 Å². The maximum atomic E-state index is 10.5. The number of rotatable bonds is 0. The van der Waals surface area contributed by atoms with Crippen molar-refractivity contribution in [3.63, 3.8) is 0 Å². The normalized spacial score (nSPS) is 27.2. The summed E-state index contributed by atoms with van der Waals surface area (Å²) in [6, 6.07) is 0.257. The molecule has 1 atom stereocenters. The van der Waals surface area contributed by atoms with Crippen molar-refractivity contribution in [2.24, 2.45) is 0 Å². The largest absolute Gasteiger partial charge is 0.340 e. The fourth-order valence-electron chi connectivity index (χ4n) is 0.855. The maximum Gasteiger partial charge on any atom is 0.219 e. The minimum absolute atomic E-state index is 0.149. The Morgan fingerprint density at radius 3 is 2.50 bits per heavy atom. The predicted molar refractivity (Wildman–Crippen MR) is 31.1 cm³/mol. The second kappa shape index (κ2) is 1.77. The fraction of sp³-hybridized carbons (Fsp3) is 0.667. The highest BCUT2D eigenvalue weighted by molar-refractivity contribution is 5.74. The van der Waals surface area contributed by atoms with Crippen LogP contribution in [0.1, 0.15) is 13.3 Å². The minimum Gasteiger partial charge on any atom is -0.340 e. The molecular formula is C6H10NO. The number of hydrogen-bond acceptors (Lipinski definition) is 1. The van der Waals surface area contributed by atoms with Crippen molar-refractivity contribution in [3.05, 3.63) is 6.92 Å². The molecule has 8 heavy (non-hydrogen) atoms. The molecule has 0 bridgehead atoms. The zero-order valence-electron chi connectivity index (χ0n) is 5.05. The van der Waals surface area contributed by atoms with E-state index in [1.165, 1.54) is 0 Å². The molecule has 2 heteroatoms.